The molecule has 356 valence electrons. The molecule has 0 saturated carbocycles. The molecule has 0 radical (unpaired) electrons. The first-order valence-electron chi connectivity index (χ1n) is 21.3. The third kappa shape index (κ3) is 9.69. The number of nitrogens with zero attached hydrogens (tertiary/aromatic N) is 2. The number of amides is 2. The van der Waals surface area contributed by atoms with E-state index in [1.54, 1.807) is 50.3 Å². The Labute approximate surface area is 387 Å². The van der Waals surface area contributed by atoms with E-state index in [2.05, 4.69) is 27.2 Å². The van der Waals surface area contributed by atoms with Crippen molar-refractivity contribution in [3.63, 3.8) is 0 Å². The molecule has 1 unspecified atom stereocenters. The largest absolute Gasteiger partial charge is 0.481 e. The van der Waals surface area contributed by atoms with E-state index >= 15 is 0 Å². The molecule has 1 aliphatic carbocycles. The number of fused-ring (bicyclic) bond motifs is 11. The number of nitrogens with one attached hydrogen (secondary N) is 4. The highest BCUT2D eigenvalue weighted by Gasteiger charge is 2.53. The normalized spacial score (nSPS) is 17.1. The fourth-order valence-electron chi connectivity index (χ4n) is 8.88. The molecule has 3 aliphatic rings. The Morgan fingerprint density at radius 3 is 1.72 bits per heavy atom. The predicted octanol–water partition coefficient (Wildman–Crippen LogP) is 4.25. The summed E-state index contributed by atoms with van der Waals surface area (Å²) < 4.78 is 10.4. The van der Waals surface area contributed by atoms with Crippen LogP contribution in [0.4, 0.5) is 0 Å². The number of carbonyl (C=O) groups excluding carboxylic acids is 4. The van der Waals surface area contributed by atoms with Gasteiger partial charge >= 0.3 is 35.8 Å². The highest BCUT2D eigenvalue weighted by Crippen LogP contribution is 2.52. The van der Waals surface area contributed by atoms with Crippen molar-refractivity contribution in [2.24, 2.45) is 5.92 Å². The maximum Gasteiger partial charge on any atom is 0.334 e. The van der Waals surface area contributed by atoms with E-state index in [0.29, 0.717) is 78.2 Å². The standard InChI is InChI=1S/C48H50N6O14/c1-8-24-21(2)30-16-35-28-12-9-27(46(65)67-6)43(47(66)68-7)48(28,5)38(52-35)18-31-23(4)26(11-14-40(56)54-37(45(63)64)20-42(59)60)34(51-31)17-33-25(22(3)29(50-33)15-32(24)49-30)10-13-39(55)53-36(44(61)62)19-41(57)58/h8-9,12,15-18,36-37,43,50-51H,1,10-11,13-14,19-20H2,2-7H3,(H,53,55)(H,54,56)(H,57,58)(H,59,60)(H,61,62)(H,63,64)/t36-,37-,43?,48+/m0/s1. The molecule has 4 atom stereocenters. The highest BCUT2D eigenvalue weighted by atomic mass is 16.5. The first kappa shape index (κ1) is 49.3. The van der Waals surface area contributed by atoms with Crippen LogP contribution in [0.15, 0.2) is 54.6 Å². The van der Waals surface area contributed by atoms with Crippen molar-refractivity contribution < 1.29 is 68.3 Å². The van der Waals surface area contributed by atoms with Crippen molar-refractivity contribution >= 4 is 86.4 Å². The fraction of sp³-hybridized carbons (Fsp3) is 0.333. The average Bonchev–Trinajstić information content (AvgIpc) is 3.93. The van der Waals surface area contributed by atoms with E-state index in [9.17, 15) is 58.8 Å². The third-order valence-electron chi connectivity index (χ3n) is 12.5. The topological polar surface area (TPSA) is 317 Å². The second kappa shape index (κ2) is 19.7. The van der Waals surface area contributed by atoms with Crippen LogP contribution in [0.3, 0.4) is 0 Å². The van der Waals surface area contributed by atoms with E-state index in [1.807, 2.05) is 13.8 Å². The van der Waals surface area contributed by atoms with Crippen LogP contribution in [0, 0.1) is 19.8 Å². The van der Waals surface area contributed by atoms with Crippen LogP contribution >= 0.6 is 0 Å². The quantitative estimate of drug-likeness (QED) is 0.0878. The van der Waals surface area contributed by atoms with E-state index in [4.69, 9.17) is 19.4 Å². The number of carboxylic acids is 4. The number of hydrogen-bond donors (Lipinski definition) is 8. The first-order valence-corrected chi connectivity index (χ1v) is 21.3. The van der Waals surface area contributed by atoms with Gasteiger partial charge in [0.2, 0.25) is 11.8 Å². The molecule has 8 N–H and O–H groups in total. The first-order chi connectivity index (χ1) is 32.1. The van der Waals surface area contributed by atoms with E-state index in [1.165, 1.54) is 20.3 Å². The van der Waals surface area contributed by atoms with Gasteiger partial charge in [0, 0.05) is 40.5 Å². The second-order valence-electron chi connectivity index (χ2n) is 16.7. The minimum atomic E-state index is -1.69. The van der Waals surface area contributed by atoms with Crippen molar-refractivity contribution in [1.29, 1.82) is 0 Å². The zero-order chi connectivity index (χ0) is 49.9. The number of esters is 2. The van der Waals surface area contributed by atoms with Crippen LogP contribution in [-0.2, 0) is 66.1 Å². The predicted molar refractivity (Wildman–Crippen MR) is 244 cm³/mol. The monoisotopic (exact) mass is 934 g/mol. The van der Waals surface area contributed by atoms with Gasteiger partial charge < -0.3 is 50.5 Å². The van der Waals surface area contributed by atoms with E-state index in [-0.39, 0.29) is 31.3 Å². The number of aromatic nitrogens is 4. The number of ether oxygens (including phenoxy) is 2. The van der Waals surface area contributed by atoms with Crippen molar-refractivity contribution in [3.8, 4) is 0 Å². The van der Waals surface area contributed by atoms with Crippen molar-refractivity contribution in [1.82, 2.24) is 30.6 Å². The number of methoxy groups -OCH3 is 2. The van der Waals surface area contributed by atoms with E-state index < -0.39 is 83.9 Å². The van der Waals surface area contributed by atoms with Crippen LogP contribution in [0.1, 0.15) is 84.6 Å². The Bertz CT molecular complexity index is 2970. The number of aromatic amines is 2. The van der Waals surface area contributed by atoms with Gasteiger partial charge in [0.05, 0.1) is 60.8 Å². The molecule has 0 spiro atoms. The van der Waals surface area contributed by atoms with Gasteiger partial charge in [-0.15, -0.1) is 0 Å². The maximum atomic E-state index is 13.9. The van der Waals surface area contributed by atoms with Crippen molar-refractivity contribution in [2.75, 3.05) is 14.2 Å². The van der Waals surface area contributed by atoms with Gasteiger partial charge in [0.1, 0.15) is 18.0 Å². The summed E-state index contributed by atoms with van der Waals surface area (Å²) in [7, 11) is 2.41. The summed E-state index contributed by atoms with van der Waals surface area (Å²) in [5.74, 6) is -10.1. The van der Waals surface area contributed by atoms with Crippen molar-refractivity contribution in [2.45, 2.75) is 83.7 Å². The number of H-pyrrole nitrogens is 2. The average molecular weight is 935 g/mol. The number of carbonyl (C=O) groups is 8. The van der Waals surface area contributed by atoms with Gasteiger partial charge in [-0.25, -0.2) is 19.4 Å². The molecule has 6 rings (SSSR count). The van der Waals surface area contributed by atoms with Crippen LogP contribution in [-0.4, -0.2) is 114 Å². The van der Waals surface area contributed by atoms with Gasteiger partial charge in [-0.3, -0.25) is 29.0 Å². The second-order valence-corrected chi connectivity index (χ2v) is 16.7. The van der Waals surface area contributed by atoms with Gasteiger partial charge in [-0.2, -0.15) is 0 Å². The van der Waals surface area contributed by atoms with Crippen LogP contribution in [0.25, 0.3) is 38.8 Å². The number of rotatable bonds is 17. The Balaban J connectivity index is 1.65. The molecular weight excluding hydrogens is 885 g/mol. The molecule has 20 nitrogen and oxygen atoms in total. The number of allylic oxidation sites excluding steroid dienone is 6. The maximum absolute atomic E-state index is 13.9. The summed E-state index contributed by atoms with van der Waals surface area (Å²) >= 11 is 0. The molecule has 3 aromatic rings. The lowest BCUT2D eigenvalue weighted by Gasteiger charge is -2.36. The SMILES string of the molecule is C=CC1=C(C)c2cc3nc(cc4[nH]c(cc5[nH]c(cc1n2)c(C)c5CCC(=O)N[C@@H](CC(=O)O)C(=O)O)c(CCC(=O)N[C@@H](CC(=O)O)C(=O)O)c4C)[C@@]1(C)C3=CC=C(C(=O)OC)C1C(=O)OC. The Hall–Kier alpha value is -8.16. The van der Waals surface area contributed by atoms with Gasteiger partial charge in [-0.1, -0.05) is 24.8 Å². The summed E-state index contributed by atoms with van der Waals surface area (Å²) in [6, 6.07) is 3.66. The number of aryl methyl sites for hydroxylation is 4. The van der Waals surface area contributed by atoms with Gasteiger partial charge in [-0.05, 0) is 98.2 Å². The molecule has 2 amide bonds. The summed E-state index contributed by atoms with van der Waals surface area (Å²) in [5.41, 5.74) is 6.89. The summed E-state index contributed by atoms with van der Waals surface area (Å²) in [5, 5.41) is 42.2. The van der Waals surface area contributed by atoms with Gasteiger partial charge in [0.15, 0.2) is 0 Å². The minimum Gasteiger partial charge on any atom is -0.481 e. The Kier molecular flexibility index (Phi) is 14.3. The lowest BCUT2D eigenvalue weighted by atomic mass is 9.64. The summed E-state index contributed by atoms with van der Waals surface area (Å²) in [6.07, 6.45) is 2.67. The molecule has 2 aliphatic heterocycles. The molecule has 5 heterocycles. The van der Waals surface area contributed by atoms with Crippen molar-refractivity contribution in [3.05, 3.63) is 99.7 Å². The molecular formula is C48H50N6O14. The molecule has 68 heavy (non-hydrogen) atoms. The van der Waals surface area contributed by atoms with Crippen LogP contribution in [0.2, 0.25) is 0 Å². The number of carboxylic acid groups (broad SMARTS) is 4. The zero-order valence-corrected chi connectivity index (χ0v) is 38.0. The zero-order valence-electron chi connectivity index (χ0n) is 38.0. The molecule has 20 heteroatoms. The molecule has 8 bridgehead atoms. The summed E-state index contributed by atoms with van der Waals surface area (Å²) in [6.45, 7) is 11.3. The molecule has 0 fully saturated rings. The smallest absolute Gasteiger partial charge is 0.334 e. The van der Waals surface area contributed by atoms with E-state index in [0.717, 1.165) is 5.57 Å². The fourth-order valence-corrected chi connectivity index (χ4v) is 8.88. The minimum absolute atomic E-state index is 0.00816. The lowest BCUT2D eigenvalue weighted by molar-refractivity contribution is -0.149. The molecule has 3 aromatic heterocycles. The Morgan fingerprint density at radius 2 is 1.25 bits per heavy atom. The highest BCUT2D eigenvalue weighted by molar-refractivity contribution is 6.02. The van der Waals surface area contributed by atoms with Crippen LogP contribution in [0.5, 0.6) is 0 Å². The molecule has 0 saturated heterocycles. The van der Waals surface area contributed by atoms with Gasteiger partial charge in [0.25, 0.3) is 0 Å². The number of hydrogen-bond acceptors (Lipinski definition) is 12. The Morgan fingerprint density at radius 1 is 0.721 bits per heavy atom. The third-order valence-corrected chi connectivity index (χ3v) is 12.5. The molecule has 0 aromatic carbocycles. The lowest BCUT2D eigenvalue weighted by Crippen LogP contribution is -2.42. The summed E-state index contributed by atoms with van der Waals surface area (Å²) in [4.78, 5) is 117. The van der Waals surface area contributed by atoms with Crippen LogP contribution < -0.4 is 10.6 Å². The number of aliphatic carboxylic acids is 4.